The molecule has 0 heterocycles. The van der Waals surface area contributed by atoms with Crippen molar-refractivity contribution >= 4 is 28.6 Å². The van der Waals surface area contributed by atoms with E-state index in [-0.39, 0.29) is 34.1 Å². The van der Waals surface area contributed by atoms with E-state index < -0.39 is 0 Å². The van der Waals surface area contributed by atoms with Crippen molar-refractivity contribution in [2.75, 3.05) is 11.1 Å². The largest absolute Gasteiger partial charge is 0.505 e. The van der Waals surface area contributed by atoms with Crippen LogP contribution in [-0.2, 0) is 0 Å². The first kappa shape index (κ1) is 13.9. The van der Waals surface area contributed by atoms with Gasteiger partial charge < -0.3 is 21.6 Å². The number of carbonyl (C=O) groups excluding carboxylic acids is 1. The maximum absolute atomic E-state index is 11.9. The summed E-state index contributed by atoms with van der Waals surface area (Å²) in [7, 11) is 0. The quantitative estimate of drug-likeness (QED) is 0.388. The van der Waals surface area contributed by atoms with E-state index in [2.05, 4.69) is 5.32 Å². The molecule has 110 valence electrons. The topological polar surface area (TPSA) is 99.2 Å². The van der Waals surface area contributed by atoms with Gasteiger partial charge >= 0.3 is 0 Å². The summed E-state index contributed by atoms with van der Waals surface area (Å²) in [6.45, 7) is 1.96. The molecule has 5 nitrogen and oxygen atoms in total. The van der Waals surface area contributed by atoms with Crippen LogP contribution >= 0.6 is 0 Å². The molecule has 5 N–H and O–H groups in total. The molecule has 0 unspecified atom stereocenters. The van der Waals surface area contributed by atoms with Crippen molar-refractivity contribution in [3.8, 4) is 5.75 Å². The van der Waals surface area contributed by atoms with Gasteiger partial charge in [-0.1, -0.05) is 12.1 Å². The predicted octanol–water partition coefficient (Wildman–Crippen LogP) is 3.15. The number of allylic oxidation sites excluding steroid dienone is 2. The maximum atomic E-state index is 11.9. The number of aromatic hydroxyl groups is 1. The lowest BCUT2D eigenvalue weighted by Gasteiger charge is -2.19. The molecule has 2 aromatic rings. The monoisotopic (exact) mass is 293 g/mol. The number of fused-ring (bicyclic) bond motifs is 1. The average molecular weight is 293 g/mol. The van der Waals surface area contributed by atoms with Crippen molar-refractivity contribution < 1.29 is 9.90 Å². The second-order valence-corrected chi connectivity index (χ2v) is 5.22. The Labute approximate surface area is 127 Å². The van der Waals surface area contributed by atoms with E-state index in [0.29, 0.717) is 5.69 Å². The van der Waals surface area contributed by atoms with Gasteiger partial charge in [0.1, 0.15) is 5.75 Å². The number of nitrogen functional groups attached to an aromatic ring is 1. The molecule has 3 rings (SSSR count). The molecular weight excluding hydrogens is 278 g/mol. The molecule has 0 amide bonds. The van der Waals surface area contributed by atoms with Crippen LogP contribution in [-0.4, -0.2) is 16.6 Å². The number of nitrogens with two attached hydrogens (primary N) is 1. The first-order valence-corrected chi connectivity index (χ1v) is 6.78. The third-order valence-corrected chi connectivity index (χ3v) is 3.54. The van der Waals surface area contributed by atoms with Crippen molar-refractivity contribution in [1.82, 2.24) is 0 Å². The number of anilines is 3. The molecule has 5 heteroatoms. The second-order valence-electron chi connectivity index (χ2n) is 5.22. The van der Waals surface area contributed by atoms with Gasteiger partial charge in [-0.15, -0.1) is 0 Å². The van der Waals surface area contributed by atoms with Gasteiger partial charge in [0.25, 0.3) is 0 Å². The molecule has 0 atom stereocenters. The lowest BCUT2D eigenvalue weighted by molar-refractivity contribution is 0.104. The zero-order valence-corrected chi connectivity index (χ0v) is 12.0. The predicted molar refractivity (Wildman–Crippen MR) is 87.3 cm³/mol. The number of rotatable bonds is 2. The van der Waals surface area contributed by atoms with E-state index in [1.165, 1.54) is 18.2 Å². The molecule has 0 radical (unpaired) electrons. The number of phenolic OH excluding ortho intramolecular Hbond substituents is 1. The zero-order chi connectivity index (χ0) is 15.9. The van der Waals surface area contributed by atoms with Crippen LogP contribution in [0.1, 0.15) is 21.5 Å². The van der Waals surface area contributed by atoms with E-state index in [4.69, 9.17) is 11.1 Å². The van der Waals surface area contributed by atoms with E-state index in [1.54, 1.807) is 0 Å². The Bertz CT molecular complexity index is 838. The van der Waals surface area contributed by atoms with Crippen molar-refractivity contribution in [1.29, 1.82) is 5.41 Å². The van der Waals surface area contributed by atoms with Crippen LogP contribution in [0.5, 0.6) is 5.75 Å². The van der Waals surface area contributed by atoms with Gasteiger partial charge in [-0.25, -0.2) is 0 Å². The number of benzene rings is 2. The Morgan fingerprint density at radius 2 is 1.95 bits per heavy atom. The summed E-state index contributed by atoms with van der Waals surface area (Å²) >= 11 is 0. The van der Waals surface area contributed by atoms with Crippen LogP contribution in [0, 0.1) is 12.3 Å². The molecule has 0 saturated carbocycles. The number of ketones is 1. The van der Waals surface area contributed by atoms with Crippen molar-refractivity contribution in [2.45, 2.75) is 6.92 Å². The third kappa shape index (κ3) is 2.22. The van der Waals surface area contributed by atoms with Crippen LogP contribution in [0.2, 0.25) is 0 Å². The van der Waals surface area contributed by atoms with E-state index in [1.807, 2.05) is 31.2 Å². The van der Waals surface area contributed by atoms with Gasteiger partial charge in [0.2, 0.25) is 0 Å². The number of nitrogens with one attached hydrogen (secondary N) is 2. The van der Waals surface area contributed by atoms with Crippen LogP contribution in [0.4, 0.5) is 17.1 Å². The minimum atomic E-state index is -0.305. The minimum Gasteiger partial charge on any atom is -0.505 e. The molecule has 22 heavy (non-hydrogen) atoms. The number of phenols is 1. The van der Waals surface area contributed by atoms with Crippen LogP contribution in [0.15, 0.2) is 42.5 Å². The summed E-state index contributed by atoms with van der Waals surface area (Å²) in [5, 5.41) is 21.4. The minimum absolute atomic E-state index is 0.0618. The summed E-state index contributed by atoms with van der Waals surface area (Å²) in [4.78, 5) is 11.9. The molecular formula is C17H15N3O2. The lowest BCUT2D eigenvalue weighted by Crippen LogP contribution is -2.15. The number of hydrogen-bond donors (Lipinski definition) is 4. The van der Waals surface area contributed by atoms with E-state index in [9.17, 15) is 9.90 Å². The molecule has 0 spiro atoms. The molecule has 0 saturated heterocycles. The summed E-state index contributed by atoms with van der Waals surface area (Å²) in [5.74, 6) is -0.450. The summed E-state index contributed by atoms with van der Waals surface area (Å²) in [6, 6.07) is 9.15. The molecule has 1 aliphatic rings. The SMILES string of the molecule is Cc1cccc(Nc2cc(N)c3c(c2O)C(=N)C=CC3=O)c1. The molecule has 2 aromatic carbocycles. The van der Waals surface area contributed by atoms with Crippen LogP contribution < -0.4 is 11.1 Å². The van der Waals surface area contributed by atoms with E-state index in [0.717, 1.165) is 11.3 Å². The Kier molecular flexibility index (Phi) is 3.18. The van der Waals surface area contributed by atoms with E-state index >= 15 is 0 Å². The van der Waals surface area contributed by atoms with Gasteiger partial charge in [-0.3, -0.25) is 4.79 Å². The van der Waals surface area contributed by atoms with Crippen LogP contribution in [0.25, 0.3) is 0 Å². The third-order valence-electron chi connectivity index (χ3n) is 3.54. The standard InChI is InChI=1S/C17H15N3O2/c1-9-3-2-4-10(7-9)20-13-8-12(19)15-14(21)6-5-11(18)16(15)17(13)22/h2-8,18,20,22H,19H2,1H3. The van der Waals surface area contributed by atoms with Gasteiger partial charge in [0, 0.05) is 11.4 Å². The van der Waals surface area contributed by atoms with Crippen molar-refractivity contribution in [3.05, 3.63) is 59.2 Å². The highest BCUT2D eigenvalue weighted by molar-refractivity contribution is 6.26. The van der Waals surface area contributed by atoms with Crippen molar-refractivity contribution in [2.24, 2.45) is 0 Å². The second kappa shape index (κ2) is 5.04. The highest BCUT2D eigenvalue weighted by atomic mass is 16.3. The fraction of sp³-hybridized carbons (Fsp3) is 0.0588. The summed E-state index contributed by atoms with van der Waals surface area (Å²) in [6.07, 6.45) is 2.65. The highest BCUT2D eigenvalue weighted by Crippen LogP contribution is 2.38. The van der Waals surface area contributed by atoms with Gasteiger partial charge in [0.05, 0.1) is 22.5 Å². The Balaban J connectivity index is 2.12. The van der Waals surface area contributed by atoms with Gasteiger partial charge in [-0.2, -0.15) is 0 Å². The fourth-order valence-corrected chi connectivity index (χ4v) is 2.52. The fourth-order valence-electron chi connectivity index (χ4n) is 2.52. The lowest BCUT2D eigenvalue weighted by atomic mass is 9.91. The van der Waals surface area contributed by atoms with Crippen LogP contribution in [0.3, 0.4) is 0 Å². The molecule has 0 bridgehead atoms. The molecule has 0 aliphatic heterocycles. The molecule has 1 aliphatic carbocycles. The smallest absolute Gasteiger partial charge is 0.188 e. The van der Waals surface area contributed by atoms with Gasteiger partial charge in [0.15, 0.2) is 5.78 Å². The first-order valence-electron chi connectivity index (χ1n) is 6.78. The Morgan fingerprint density at radius 1 is 1.18 bits per heavy atom. The zero-order valence-electron chi connectivity index (χ0n) is 12.0. The molecule has 0 fully saturated rings. The Hall–Kier alpha value is -3.08. The number of aryl methyl sites for hydroxylation is 1. The average Bonchev–Trinajstić information content (AvgIpc) is 2.47. The maximum Gasteiger partial charge on any atom is 0.188 e. The van der Waals surface area contributed by atoms with Gasteiger partial charge in [-0.05, 0) is 42.8 Å². The first-order chi connectivity index (χ1) is 10.5. The number of hydrogen-bond acceptors (Lipinski definition) is 5. The normalized spacial score (nSPS) is 13.1. The van der Waals surface area contributed by atoms with Crippen molar-refractivity contribution in [3.63, 3.8) is 0 Å². The molecule has 0 aromatic heterocycles. The highest BCUT2D eigenvalue weighted by Gasteiger charge is 2.25. The Morgan fingerprint density at radius 3 is 2.68 bits per heavy atom. The number of carbonyl (C=O) groups is 1. The summed E-state index contributed by atoms with van der Waals surface area (Å²) < 4.78 is 0. The summed E-state index contributed by atoms with van der Waals surface area (Å²) in [5.41, 5.74) is 8.83.